The maximum Gasteiger partial charge on any atom is 0.0579 e. The van der Waals surface area contributed by atoms with Crippen molar-refractivity contribution >= 4 is 0 Å². The van der Waals surface area contributed by atoms with E-state index in [0.717, 1.165) is 19.2 Å². The first-order chi connectivity index (χ1) is 9.81. The van der Waals surface area contributed by atoms with Crippen LogP contribution in [0.4, 0.5) is 0 Å². The van der Waals surface area contributed by atoms with Crippen molar-refractivity contribution in [2.75, 3.05) is 13.2 Å². The van der Waals surface area contributed by atoms with Crippen LogP contribution in [0.2, 0.25) is 0 Å². The van der Waals surface area contributed by atoms with Crippen molar-refractivity contribution in [2.45, 2.75) is 57.6 Å². The minimum absolute atomic E-state index is 0.505. The van der Waals surface area contributed by atoms with Gasteiger partial charge in [-0.2, -0.15) is 0 Å². The topological polar surface area (TPSA) is 21.3 Å². The SMILES string of the molecule is Cc1ccccc1CC(CNC1CC1)CC1CCCO1. The summed E-state index contributed by atoms with van der Waals surface area (Å²) in [6, 6.07) is 9.62. The van der Waals surface area contributed by atoms with Crippen LogP contribution < -0.4 is 5.32 Å². The second-order valence-electron chi connectivity index (χ2n) is 6.55. The standard InChI is InChI=1S/C18H27NO/c1-14-5-2-3-6-16(14)11-15(13-19-17-8-9-17)12-18-7-4-10-20-18/h2-3,5-6,15,17-19H,4,7-13H2,1H3. The zero-order valence-corrected chi connectivity index (χ0v) is 12.6. The molecule has 0 amide bonds. The van der Waals surface area contributed by atoms with Crippen LogP contribution in [0.5, 0.6) is 0 Å². The molecule has 0 spiro atoms. The Kier molecular flexibility index (Phi) is 4.74. The Bertz CT molecular complexity index is 421. The highest BCUT2D eigenvalue weighted by Crippen LogP contribution is 2.25. The van der Waals surface area contributed by atoms with Gasteiger partial charge in [-0.15, -0.1) is 0 Å². The molecule has 1 saturated heterocycles. The van der Waals surface area contributed by atoms with Crippen molar-refractivity contribution in [1.82, 2.24) is 5.32 Å². The van der Waals surface area contributed by atoms with Gasteiger partial charge in [0, 0.05) is 12.6 Å². The summed E-state index contributed by atoms with van der Waals surface area (Å²) in [5.41, 5.74) is 2.93. The molecule has 1 aliphatic heterocycles. The Labute approximate surface area is 122 Å². The summed E-state index contributed by atoms with van der Waals surface area (Å²) in [7, 11) is 0. The molecular weight excluding hydrogens is 246 g/mol. The number of nitrogens with one attached hydrogen (secondary N) is 1. The van der Waals surface area contributed by atoms with Gasteiger partial charge in [-0.3, -0.25) is 0 Å². The highest BCUT2D eigenvalue weighted by molar-refractivity contribution is 5.26. The van der Waals surface area contributed by atoms with Crippen LogP contribution in [0, 0.1) is 12.8 Å². The van der Waals surface area contributed by atoms with Crippen molar-refractivity contribution in [2.24, 2.45) is 5.92 Å². The number of benzene rings is 1. The van der Waals surface area contributed by atoms with Gasteiger partial charge < -0.3 is 10.1 Å². The molecule has 2 unspecified atom stereocenters. The Morgan fingerprint density at radius 1 is 1.25 bits per heavy atom. The van der Waals surface area contributed by atoms with Gasteiger partial charge in [-0.05, 0) is 69.0 Å². The van der Waals surface area contributed by atoms with E-state index in [2.05, 4.69) is 36.5 Å². The second kappa shape index (κ2) is 6.73. The van der Waals surface area contributed by atoms with Crippen molar-refractivity contribution in [3.63, 3.8) is 0 Å². The van der Waals surface area contributed by atoms with Crippen LogP contribution in [-0.4, -0.2) is 25.3 Å². The smallest absolute Gasteiger partial charge is 0.0579 e. The molecule has 110 valence electrons. The van der Waals surface area contributed by atoms with E-state index in [1.165, 1.54) is 49.7 Å². The number of hydrogen-bond acceptors (Lipinski definition) is 2. The van der Waals surface area contributed by atoms with Gasteiger partial charge in [0.1, 0.15) is 0 Å². The number of ether oxygens (including phenoxy) is 1. The van der Waals surface area contributed by atoms with E-state index in [0.29, 0.717) is 12.0 Å². The molecule has 2 atom stereocenters. The fourth-order valence-electron chi connectivity index (χ4n) is 3.21. The molecule has 1 aromatic carbocycles. The normalized spacial score (nSPS) is 23.9. The Morgan fingerprint density at radius 3 is 2.80 bits per heavy atom. The number of rotatable bonds is 7. The Hall–Kier alpha value is -0.860. The average Bonchev–Trinajstić information content (AvgIpc) is 3.15. The van der Waals surface area contributed by atoms with Gasteiger partial charge in [0.15, 0.2) is 0 Å². The molecule has 1 heterocycles. The fraction of sp³-hybridized carbons (Fsp3) is 0.667. The molecule has 0 radical (unpaired) electrons. The lowest BCUT2D eigenvalue weighted by molar-refractivity contribution is 0.0891. The summed E-state index contributed by atoms with van der Waals surface area (Å²) in [5.74, 6) is 0.708. The summed E-state index contributed by atoms with van der Waals surface area (Å²) in [6.45, 7) is 4.35. The molecule has 1 saturated carbocycles. The van der Waals surface area contributed by atoms with Gasteiger partial charge >= 0.3 is 0 Å². The van der Waals surface area contributed by atoms with Gasteiger partial charge in [-0.25, -0.2) is 0 Å². The first-order valence-corrected chi connectivity index (χ1v) is 8.21. The predicted octanol–water partition coefficient (Wildman–Crippen LogP) is 3.47. The molecule has 20 heavy (non-hydrogen) atoms. The molecule has 2 heteroatoms. The van der Waals surface area contributed by atoms with Crippen molar-refractivity contribution in [3.8, 4) is 0 Å². The third-order valence-electron chi connectivity index (χ3n) is 4.66. The van der Waals surface area contributed by atoms with Crippen molar-refractivity contribution in [3.05, 3.63) is 35.4 Å². The number of aryl methyl sites for hydroxylation is 1. The molecule has 2 fully saturated rings. The van der Waals surface area contributed by atoms with Crippen molar-refractivity contribution in [1.29, 1.82) is 0 Å². The average molecular weight is 273 g/mol. The Balaban J connectivity index is 1.58. The van der Waals surface area contributed by atoms with Gasteiger partial charge in [0.2, 0.25) is 0 Å². The van der Waals surface area contributed by atoms with E-state index in [1.54, 1.807) is 0 Å². The van der Waals surface area contributed by atoms with Crippen LogP contribution in [-0.2, 0) is 11.2 Å². The molecule has 3 rings (SSSR count). The highest BCUT2D eigenvalue weighted by Gasteiger charge is 2.25. The van der Waals surface area contributed by atoms with Crippen LogP contribution in [0.3, 0.4) is 0 Å². The summed E-state index contributed by atoms with van der Waals surface area (Å²) in [5, 5.41) is 3.71. The summed E-state index contributed by atoms with van der Waals surface area (Å²) in [4.78, 5) is 0. The van der Waals surface area contributed by atoms with Gasteiger partial charge in [0.25, 0.3) is 0 Å². The third-order valence-corrected chi connectivity index (χ3v) is 4.66. The van der Waals surface area contributed by atoms with Crippen LogP contribution in [0.25, 0.3) is 0 Å². The summed E-state index contributed by atoms with van der Waals surface area (Å²) >= 11 is 0. The predicted molar refractivity (Wildman–Crippen MR) is 83.0 cm³/mol. The van der Waals surface area contributed by atoms with E-state index in [4.69, 9.17) is 4.74 Å². The van der Waals surface area contributed by atoms with Gasteiger partial charge in [-0.1, -0.05) is 24.3 Å². The minimum atomic E-state index is 0.505. The maximum atomic E-state index is 5.85. The molecule has 1 N–H and O–H groups in total. The first kappa shape index (κ1) is 14.1. The third kappa shape index (κ3) is 4.07. The number of hydrogen-bond donors (Lipinski definition) is 1. The largest absolute Gasteiger partial charge is 0.378 e. The fourth-order valence-corrected chi connectivity index (χ4v) is 3.21. The lowest BCUT2D eigenvalue weighted by atomic mass is 9.91. The lowest BCUT2D eigenvalue weighted by Gasteiger charge is -2.22. The van der Waals surface area contributed by atoms with Crippen molar-refractivity contribution < 1.29 is 4.74 Å². The molecule has 1 aliphatic carbocycles. The zero-order valence-electron chi connectivity index (χ0n) is 12.6. The first-order valence-electron chi connectivity index (χ1n) is 8.21. The minimum Gasteiger partial charge on any atom is -0.378 e. The Morgan fingerprint density at radius 2 is 2.10 bits per heavy atom. The van der Waals surface area contributed by atoms with Crippen LogP contribution in [0.15, 0.2) is 24.3 Å². The molecule has 2 aliphatic rings. The molecule has 0 bridgehead atoms. The maximum absolute atomic E-state index is 5.85. The van der Waals surface area contributed by atoms with E-state index in [-0.39, 0.29) is 0 Å². The summed E-state index contributed by atoms with van der Waals surface area (Å²) in [6.07, 6.45) is 8.16. The van der Waals surface area contributed by atoms with Crippen LogP contribution >= 0.6 is 0 Å². The molecular formula is C18H27NO. The molecule has 2 nitrogen and oxygen atoms in total. The molecule has 1 aromatic rings. The van der Waals surface area contributed by atoms with E-state index >= 15 is 0 Å². The monoisotopic (exact) mass is 273 g/mol. The van der Waals surface area contributed by atoms with E-state index in [1.807, 2.05) is 0 Å². The van der Waals surface area contributed by atoms with Gasteiger partial charge in [0.05, 0.1) is 6.10 Å². The quantitative estimate of drug-likeness (QED) is 0.821. The van der Waals surface area contributed by atoms with Crippen LogP contribution in [0.1, 0.15) is 43.2 Å². The van der Waals surface area contributed by atoms with E-state index < -0.39 is 0 Å². The molecule has 0 aromatic heterocycles. The lowest BCUT2D eigenvalue weighted by Crippen LogP contribution is -2.29. The second-order valence-corrected chi connectivity index (χ2v) is 6.55. The van der Waals surface area contributed by atoms with E-state index in [9.17, 15) is 0 Å². The zero-order chi connectivity index (χ0) is 13.8. The summed E-state index contributed by atoms with van der Waals surface area (Å²) < 4.78 is 5.85. The highest BCUT2D eigenvalue weighted by atomic mass is 16.5.